The first-order chi connectivity index (χ1) is 15.0. The number of ether oxygens (including phenoxy) is 1. The number of amides is 1. The number of carbonyl (C=O) groups is 1. The third kappa shape index (κ3) is 5.44. The third-order valence-corrected chi connectivity index (χ3v) is 4.92. The first kappa shape index (κ1) is 21.9. The summed E-state index contributed by atoms with van der Waals surface area (Å²) < 4.78 is 5.80. The van der Waals surface area contributed by atoms with E-state index in [1.165, 1.54) is 6.20 Å². The van der Waals surface area contributed by atoms with Crippen molar-refractivity contribution < 1.29 is 9.53 Å². The maximum absolute atomic E-state index is 12.3. The molecule has 3 aromatic rings. The van der Waals surface area contributed by atoms with Crippen LogP contribution in [-0.4, -0.2) is 29.0 Å². The second kappa shape index (κ2) is 10.3. The lowest BCUT2D eigenvalue weighted by atomic mass is 10.0. The molecule has 1 amide bonds. The summed E-state index contributed by atoms with van der Waals surface area (Å²) in [5, 5.41) is 12.7. The molecular weight excluding hydrogens is 390 g/mol. The van der Waals surface area contributed by atoms with Crippen LogP contribution < -0.4 is 10.2 Å². The van der Waals surface area contributed by atoms with Crippen LogP contribution in [-0.2, 0) is 9.53 Å². The highest BCUT2D eigenvalue weighted by Gasteiger charge is 2.13. The van der Waals surface area contributed by atoms with Gasteiger partial charge >= 0.3 is 0 Å². The van der Waals surface area contributed by atoms with Gasteiger partial charge in [0, 0.05) is 36.2 Å². The molecule has 1 aromatic carbocycles. The minimum atomic E-state index is -0.251. The molecule has 0 aliphatic carbocycles. The van der Waals surface area contributed by atoms with Gasteiger partial charge in [0.25, 0.3) is 0 Å². The number of fused-ring (bicyclic) bond motifs is 1. The summed E-state index contributed by atoms with van der Waals surface area (Å²) in [5.41, 5.74) is 3.22. The van der Waals surface area contributed by atoms with Crippen LogP contribution in [0.25, 0.3) is 10.9 Å². The number of hydrogen-bond acceptors (Lipinski definition) is 6. The maximum Gasteiger partial charge on any atom is 0.249 e. The standard InChI is InChI=1S/C24H25N5O2/c1-4-29(23-11-10-19(13-25)15-27-23)17(2)14-28-24(30)16-31-18(3)20-7-5-9-22-21(20)8-6-12-26-22/h5-12,14-15,18H,4,16H2,1-3H3,(H,28,30)/b17-14+. The minimum absolute atomic E-state index is 0.0666. The highest BCUT2D eigenvalue weighted by Crippen LogP contribution is 2.25. The Morgan fingerprint density at radius 3 is 2.81 bits per heavy atom. The Hall–Kier alpha value is -3.76. The molecule has 3 rings (SSSR count). The van der Waals surface area contributed by atoms with Crippen LogP contribution in [0.15, 0.2) is 66.8 Å². The number of nitriles is 1. The zero-order valence-electron chi connectivity index (χ0n) is 17.9. The molecule has 0 bridgehead atoms. The predicted octanol–water partition coefficient (Wildman–Crippen LogP) is 4.08. The van der Waals surface area contributed by atoms with Crippen LogP contribution in [0.1, 0.15) is 38.0 Å². The van der Waals surface area contributed by atoms with Gasteiger partial charge in [0.2, 0.25) is 5.91 Å². The van der Waals surface area contributed by atoms with Crippen LogP contribution >= 0.6 is 0 Å². The van der Waals surface area contributed by atoms with E-state index in [0.29, 0.717) is 17.9 Å². The van der Waals surface area contributed by atoms with E-state index < -0.39 is 0 Å². The second-order valence-electron chi connectivity index (χ2n) is 6.98. The summed E-state index contributed by atoms with van der Waals surface area (Å²) in [6.07, 6.45) is 4.68. The van der Waals surface area contributed by atoms with Gasteiger partial charge in [-0.05, 0) is 50.6 Å². The van der Waals surface area contributed by atoms with E-state index in [1.807, 2.05) is 56.0 Å². The highest BCUT2D eigenvalue weighted by molar-refractivity contribution is 5.82. The molecule has 1 unspecified atom stereocenters. The molecule has 2 aromatic heterocycles. The van der Waals surface area contributed by atoms with E-state index in [4.69, 9.17) is 10.00 Å². The molecule has 0 aliphatic rings. The Morgan fingerprint density at radius 2 is 2.10 bits per heavy atom. The lowest BCUT2D eigenvalue weighted by Crippen LogP contribution is -2.27. The Morgan fingerprint density at radius 1 is 1.26 bits per heavy atom. The van der Waals surface area contributed by atoms with Crippen LogP contribution in [0.5, 0.6) is 0 Å². The summed E-state index contributed by atoms with van der Waals surface area (Å²) in [4.78, 5) is 22.9. The molecule has 2 heterocycles. The third-order valence-electron chi connectivity index (χ3n) is 4.92. The topological polar surface area (TPSA) is 91.1 Å². The Kier molecular flexibility index (Phi) is 7.31. The molecule has 0 radical (unpaired) electrons. The van der Waals surface area contributed by atoms with Crippen molar-refractivity contribution in [2.75, 3.05) is 18.1 Å². The SMILES string of the molecule is CCN(/C(C)=C/NC(=O)COC(C)c1cccc2ncccc12)c1ccc(C#N)cn1. The van der Waals surface area contributed by atoms with E-state index in [-0.39, 0.29) is 18.6 Å². The fraction of sp³-hybridized carbons (Fsp3) is 0.250. The Balaban J connectivity index is 1.59. The summed E-state index contributed by atoms with van der Waals surface area (Å²) in [5.74, 6) is 0.465. The van der Waals surface area contributed by atoms with Crippen molar-refractivity contribution in [1.29, 1.82) is 5.26 Å². The normalized spacial score (nSPS) is 12.3. The van der Waals surface area contributed by atoms with Gasteiger partial charge in [0.15, 0.2) is 0 Å². The minimum Gasteiger partial charge on any atom is -0.364 e. The molecule has 0 aliphatic heterocycles. The number of aromatic nitrogens is 2. The summed E-state index contributed by atoms with van der Waals surface area (Å²) in [7, 11) is 0. The van der Waals surface area contributed by atoms with Gasteiger partial charge in [-0.2, -0.15) is 5.26 Å². The first-order valence-corrected chi connectivity index (χ1v) is 10.1. The average Bonchev–Trinajstić information content (AvgIpc) is 2.81. The molecule has 0 fully saturated rings. The smallest absolute Gasteiger partial charge is 0.249 e. The van der Waals surface area contributed by atoms with Crippen LogP contribution in [0.3, 0.4) is 0 Å². The molecule has 7 heteroatoms. The molecule has 0 spiro atoms. The first-order valence-electron chi connectivity index (χ1n) is 10.1. The van der Waals surface area contributed by atoms with Crippen LogP contribution in [0, 0.1) is 11.3 Å². The molecule has 1 atom stereocenters. The Labute approximate surface area is 182 Å². The number of hydrogen-bond donors (Lipinski definition) is 1. The molecular formula is C24H25N5O2. The molecule has 158 valence electrons. The Bertz CT molecular complexity index is 1110. The molecule has 31 heavy (non-hydrogen) atoms. The lowest BCUT2D eigenvalue weighted by molar-refractivity contribution is -0.126. The average molecular weight is 415 g/mol. The number of allylic oxidation sites excluding steroid dienone is 1. The fourth-order valence-corrected chi connectivity index (χ4v) is 3.28. The zero-order chi connectivity index (χ0) is 22.2. The number of nitrogens with zero attached hydrogens (tertiary/aromatic N) is 4. The number of nitrogens with one attached hydrogen (secondary N) is 1. The molecule has 0 saturated heterocycles. The fourth-order valence-electron chi connectivity index (χ4n) is 3.28. The van der Waals surface area contributed by atoms with Crippen LogP contribution in [0.2, 0.25) is 0 Å². The summed E-state index contributed by atoms with van der Waals surface area (Å²) >= 11 is 0. The monoisotopic (exact) mass is 415 g/mol. The van der Waals surface area contributed by atoms with Crippen LogP contribution in [0.4, 0.5) is 5.82 Å². The van der Waals surface area contributed by atoms with Gasteiger partial charge in [0.05, 0.1) is 17.2 Å². The maximum atomic E-state index is 12.3. The number of pyridine rings is 2. The van der Waals surface area contributed by atoms with Gasteiger partial charge in [-0.15, -0.1) is 0 Å². The van der Waals surface area contributed by atoms with Crippen molar-refractivity contribution in [1.82, 2.24) is 15.3 Å². The quantitative estimate of drug-likeness (QED) is 0.596. The molecule has 1 N–H and O–H groups in total. The predicted molar refractivity (Wildman–Crippen MR) is 120 cm³/mol. The molecule has 7 nitrogen and oxygen atoms in total. The highest BCUT2D eigenvalue weighted by atomic mass is 16.5. The second-order valence-corrected chi connectivity index (χ2v) is 6.98. The van der Waals surface area contributed by atoms with Gasteiger partial charge in [-0.3, -0.25) is 9.78 Å². The molecule has 0 saturated carbocycles. The van der Waals surface area contributed by atoms with E-state index in [9.17, 15) is 4.79 Å². The lowest BCUT2D eigenvalue weighted by Gasteiger charge is -2.22. The summed E-state index contributed by atoms with van der Waals surface area (Å²) in [6.45, 7) is 6.40. The van der Waals surface area contributed by atoms with Crippen molar-refractivity contribution >= 4 is 22.6 Å². The number of anilines is 1. The van der Waals surface area contributed by atoms with E-state index in [2.05, 4.69) is 21.4 Å². The van der Waals surface area contributed by atoms with Gasteiger partial charge in [0.1, 0.15) is 18.5 Å². The van der Waals surface area contributed by atoms with E-state index >= 15 is 0 Å². The van der Waals surface area contributed by atoms with Crippen molar-refractivity contribution in [3.63, 3.8) is 0 Å². The van der Waals surface area contributed by atoms with Crippen molar-refractivity contribution in [3.05, 3.63) is 77.9 Å². The van der Waals surface area contributed by atoms with Crippen molar-refractivity contribution in [2.24, 2.45) is 0 Å². The number of rotatable bonds is 8. The zero-order valence-corrected chi connectivity index (χ0v) is 17.9. The number of carbonyl (C=O) groups excluding carboxylic acids is 1. The van der Waals surface area contributed by atoms with Gasteiger partial charge in [-0.25, -0.2) is 4.98 Å². The summed E-state index contributed by atoms with van der Waals surface area (Å²) in [6, 6.07) is 15.3. The van der Waals surface area contributed by atoms with Crippen molar-refractivity contribution in [3.8, 4) is 6.07 Å². The van der Waals surface area contributed by atoms with Gasteiger partial charge in [-0.1, -0.05) is 18.2 Å². The van der Waals surface area contributed by atoms with E-state index in [1.54, 1.807) is 24.5 Å². The van der Waals surface area contributed by atoms with E-state index in [0.717, 1.165) is 22.2 Å². The van der Waals surface area contributed by atoms with Crippen molar-refractivity contribution in [2.45, 2.75) is 26.9 Å². The largest absolute Gasteiger partial charge is 0.364 e. The van der Waals surface area contributed by atoms with Gasteiger partial charge < -0.3 is 15.0 Å². The number of benzene rings is 1.